The minimum atomic E-state index is -0.547. The van der Waals surface area contributed by atoms with Gasteiger partial charge in [-0.05, 0) is 49.1 Å². The lowest BCUT2D eigenvalue weighted by Crippen LogP contribution is -2.45. The summed E-state index contributed by atoms with van der Waals surface area (Å²) < 4.78 is 13.3. The molecule has 3 rings (SSSR count). The number of nitrogens with one attached hydrogen (secondary N) is 1. The summed E-state index contributed by atoms with van der Waals surface area (Å²) in [6.45, 7) is 3.73. The highest BCUT2D eigenvalue weighted by Gasteiger charge is 2.44. The number of nitriles is 1. The van der Waals surface area contributed by atoms with Gasteiger partial charge < -0.3 is 5.32 Å². The first kappa shape index (κ1) is 12.6. The second-order valence-corrected chi connectivity index (χ2v) is 5.36. The van der Waals surface area contributed by atoms with Gasteiger partial charge in [-0.1, -0.05) is 6.07 Å². The van der Waals surface area contributed by atoms with Gasteiger partial charge in [0.15, 0.2) is 0 Å². The quantitative estimate of drug-likeness (QED) is 0.835. The molecule has 1 atom stereocenters. The molecule has 0 spiro atoms. The summed E-state index contributed by atoms with van der Waals surface area (Å²) in [5.41, 5.74) is 1.46. The number of aryl methyl sites for hydroxylation is 1. The molecule has 1 fully saturated rings. The fraction of sp³-hybridized carbons (Fsp3) is 0.533. The molecule has 0 radical (unpaired) electrons. The average Bonchev–Trinajstić information content (AvgIpc) is 2.62. The van der Waals surface area contributed by atoms with E-state index in [4.69, 9.17) is 0 Å². The molecule has 1 saturated heterocycles. The number of fused-ring (bicyclic) bond motifs is 1. The summed E-state index contributed by atoms with van der Waals surface area (Å²) in [6, 6.07) is 7.40. The SMILES string of the molecule is N#CC1(N2CCCNCC2)CCc2cc(F)ccc21. The van der Waals surface area contributed by atoms with Gasteiger partial charge in [0.2, 0.25) is 0 Å². The predicted molar refractivity (Wildman–Crippen MR) is 71.1 cm³/mol. The van der Waals surface area contributed by atoms with Crippen LogP contribution >= 0.6 is 0 Å². The lowest BCUT2D eigenvalue weighted by molar-refractivity contribution is 0.146. The fourth-order valence-corrected chi connectivity index (χ4v) is 3.37. The van der Waals surface area contributed by atoms with Crippen LogP contribution in [0, 0.1) is 17.1 Å². The molecule has 0 amide bonds. The van der Waals surface area contributed by atoms with E-state index in [9.17, 15) is 9.65 Å². The van der Waals surface area contributed by atoms with Crippen molar-refractivity contribution >= 4 is 0 Å². The van der Waals surface area contributed by atoms with Gasteiger partial charge in [0.1, 0.15) is 11.4 Å². The second-order valence-electron chi connectivity index (χ2n) is 5.36. The van der Waals surface area contributed by atoms with Crippen LogP contribution in [0.25, 0.3) is 0 Å². The van der Waals surface area contributed by atoms with Crippen LogP contribution in [0.4, 0.5) is 4.39 Å². The molecule has 0 bridgehead atoms. The molecular weight excluding hydrogens is 241 g/mol. The van der Waals surface area contributed by atoms with Crippen LogP contribution < -0.4 is 5.32 Å². The molecule has 1 unspecified atom stereocenters. The smallest absolute Gasteiger partial charge is 0.135 e. The normalized spacial score (nSPS) is 27.6. The first-order valence-electron chi connectivity index (χ1n) is 6.92. The van der Waals surface area contributed by atoms with Crippen LogP contribution in [0.15, 0.2) is 18.2 Å². The maximum absolute atomic E-state index is 13.3. The van der Waals surface area contributed by atoms with Crippen molar-refractivity contribution in [1.82, 2.24) is 10.2 Å². The number of hydrogen-bond donors (Lipinski definition) is 1. The van der Waals surface area contributed by atoms with E-state index in [1.54, 1.807) is 12.1 Å². The monoisotopic (exact) mass is 259 g/mol. The highest BCUT2D eigenvalue weighted by atomic mass is 19.1. The van der Waals surface area contributed by atoms with Gasteiger partial charge in [-0.15, -0.1) is 0 Å². The Labute approximate surface area is 113 Å². The molecule has 0 saturated carbocycles. The van der Waals surface area contributed by atoms with Crippen LogP contribution in [0.2, 0.25) is 0 Å². The zero-order valence-electron chi connectivity index (χ0n) is 11.0. The molecular formula is C15H18FN3. The molecule has 1 aromatic carbocycles. The summed E-state index contributed by atoms with van der Waals surface area (Å²) in [6.07, 6.45) is 2.63. The minimum Gasteiger partial charge on any atom is -0.315 e. The van der Waals surface area contributed by atoms with Gasteiger partial charge in [0, 0.05) is 19.6 Å². The molecule has 100 valence electrons. The van der Waals surface area contributed by atoms with Crippen molar-refractivity contribution in [2.75, 3.05) is 26.2 Å². The number of rotatable bonds is 1. The number of halogens is 1. The van der Waals surface area contributed by atoms with Crippen molar-refractivity contribution in [2.45, 2.75) is 24.8 Å². The van der Waals surface area contributed by atoms with Crippen LogP contribution in [0.3, 0.4) is 0 Å². The van der Waals surface area contributed by atoms with E-state index < -0.39 is 5.54 Å². The van der Waals surface area contributed by atoms with Crippen molar-refractivity contribution in [1.29, 1.82) is 5.26 Å². The molecule has 1 N–H and O–H groups in total. The Hall–Kier alpha value is -1.44. The van der Waals surface area contributed by atoms with Gasteiger partial charge in [0.25, 0.3) is 0 Å². The Kier molecular flexibility index (Phi) is 3.26. The van der Waals surface area contributed by atoms with E-state index in [2.05, 4.69) is 16.3 Å². The van der Waals surface area contributed by atoms with Crippen molar-refractivity contribution in [3.8, 4) is 6.07 Å². The largest absolute Gasteiger partial charge is 0.315 e. The highest BCUT2D eigenvalue weighted by Crippen LogP contribution is 2.41. The Morgan fingerprint density at radius 3 is 3.05 bits per heavy atom. The van der Waals surface area contributed by atoms with Crippen molar-refractivity contribution < 1.29 is 4.39 Å². The van der Waals surface area contributed by atoms with Crippen LogP contribution in [-0.4, -0.2) is 31.1 Å². The number of nitrogens with zero attached hydrogens (tertiary/aromatic N) is 2. The van der Waals surface area contributed by atoms with Crippen LogP contribution in [-0.2, 0) is 12.0 Å². The van der Waals surface area contributed by atoms with Gasteiger partial charge in [-0.3, -0.25) is 4.90 Å². The summed E-state index contributed by atoms with van der Waals surface area (Å²) in [7, 11) is 0. The molecule has 2 aliphatic rings. The molecule has 1 aliphatic heterocycles. The lowest BCUT2D eigenvalue weighted by atomic mass is 9.91. The maximum Gasteiger partial charge on any atom is 0.135 e. The standard InChI is InChI=1S/C15H18FN3/c16-13-2-3-14-12(10-13)4-5-15(14,11-17)19-8-1-6-18-7-9-19/h2-3,10,18H,1,4-9H2. The summed E-state index contributed by atoms with van der Waals surface area (Å²) in [5.74, 6) is -0.204. The zero-order valence-corrected chi connectivity index (χ0v) is 11.0. The van der Waals surface area contributed by atoms with Crippen molar-refractivity contribution in [2.24, 2.45) is 0 Å². The summed E-state index contributed by atoms with van der Waals surface area (Å²) in [4.78, 5) is 2.27. The van der Waals surface area contributed by atoms with Gasteiger partial charge in [-0.25, -0.2) is 4.39 Å². The Morgan fingerprint density at radius 2 is 2.21 bits per heavy atom. The third-order valence-corrected chi connectivity index (χ3v) is 4.33. The topological polar surface area (TPSA) is 39.1 Å². The maximum atomic E-state index is 13.3. The van der Waals surface area contributed by atoms with E-state index in [0.717, 1.165) is 56.6 Å². The van der Waals surface area contributed by atoms with Gasteiger partial charge in [-0.2, -0.15) is 5.26 Å². The average molecular weight is 259 g/mol. The van der Waals surface area contributed by atoms with E-state index >= 15 is 0 Å². The summed E-state index contributed by atoms with van der Waals surface area (Å²) in [5, 5.41) is 13.1. The third kappa shape index (κ3) is 2.03. The molecule has 1 aliphatic carbocycles. The van der Waals surface area contributed by atoms with E-state index in [1.165, 1.54) is 6.07 Å². The number of hydrogen-bond acceptors (Lipinski definition) is 3. The molecule has 3 nitrogen and oxygen atoms in total. The van der Waals surface area contributed by atoms with Crippen LogP contribution in [0.5, 0.6) is 0 Å². The summed E-state index contributed by atoms with van der Waals surface area (Å²) >= 11 is 0. The lowest BCUT2D eigenvalue weighted by Gasteiger charge is -2.35. The minimum absolute atomic E-state index is 0.204. The zero-order chi connectivity index (χ0) is 13.3. The Morgan fingerprint density at radius 1 is 1.32 bits per heavy atom. The predicted octanol–water partition coefficient (Wildman–Crippen LogP) is 1.79. The van der Waals surface area contributed by atoms with E-state index in [-0.39, 0.29) is 5.82 Å². The Balaban J connectivity index is 2.00. The molecule has 19 heavy (non-hydrogen) atoms. The van der Waals surface area contributed by atoms with E-state index in [0.29, 0.717) is 0 Å². The number of benzene rings is 1. The molecule has 4 heteroatoms. The highest BCUT2D eigenvalue weighted by molar-refractivity contribution is 5.43. The second kappa shape index (κ2) is 4.92. The first-order chi connectivity index (χ1) is 9.26. The third-order valence-electron chi connectivity index (χ3n) is 4.33. The molecule has 1 heterocycles. The van der Waals surface area contributed by atoms with Crippen molar-refractivity contribution in [3.63, 3.8) is 0 Å². The fourth-order valence-electron chi connectivity index (χ4n) is 3.37. The van der Waals surface area contributed by atoms with Gasteiger partial charge >= 0.3 is 0 Å². The van der Waals surface area contributed by atoms with Crippen LogP contribution in [0.1, 0.15) is 24.0 Å². The van der Waals surface area contributed by atoms with Gasteiger partial charge in [0.05, 0.1) is 6.07 Å². The molecule has 0 aromatic heterocycles. The van der Waals surface area contributed by atoms with E-state index in [1.807, 2.05) is 0 Å². The van der Waals surface area contributed by atoms with Crippen molar-refractivity contribution in [3.05, 3.63) is 35.1 Å². The molecule has 1 aromatic rings. The Bertz CT molecular complexity index is 515. The first-order valence-corrected chi connectivity index (χ1v) is 6.92.